The van der Waals surface area contributed by atoms with Gasteiger partial charge < -0.3 is 5.11 Å². The second-order valence-corrected chi connectivity index (χ2v) is 6.38. The molecule has 1 saturated carbocycles. The summed E-state index contributed by atoms with van der Waals surface area (Å²) in [6, 6.07) is 7.27. The molecule has 1 aromatic carbocycles. The number of hydrogen-bond donors (Lipinski definition) is 1. The minimum absolute atomic E-state index is 0.265. The average molecular weight is 317 g/mol. The van der Waals surface area contributed by atoms with Crippen molar-refractivity contribution in [1.82, 2.24) is 14.6 Å². The number of rotatable bonds is 2. The van der Waals surface area contributed by atoms with Gasteiger partial charge in [-0.2, -0.15) is 5.10 Å². The quantitative estimate of drug-likeness (QED) is 0.723. The maximum Gasteiger partial charge on any atom is 0.171 e. The van der Waals surface area contributed by atoms with Crippen LogP contribution in [0.2, 0.25) is 0 Å². The molecule has 4 rings (SSSR count). The van der Waals surface area contributed by atoms with Gasteiger partial charge in [0.05, 0.1) is 17.5 Å². The largest absolute Gasteiger partial charge is 0.508 e. The highest BCUT2D eigenvalue weighted by Gasteiger charge is 2.24. The summed E-state index contributed by atoms with van der Waals surface area (Å²) in [5, 5.41) is 14.1. The number of fused-ring (bicyclic) bond motifs is 1. The van der Waals surface area contributed by atoms with Gasteiger partial charge >= 0.3 is 0 Å². The highest BCUT2D eigenvalue weighted by molar-refractivity contribution is 5.69. The van der Waals surface area contributed by atoms with Crippen LogP contribution in [0.15, 0.2) is 36.7 Å². The van der Waals surface area contributed by atoms with Crippen LogP contribution in [0.3, 0.4) is 0 Å². The van der Waals surface area contributed by atoms with Crippen molar-refractivity contribution in [3.05, 3.63) is 47.9 Å². The first-order valence-electron chi connectivity index (χ1n) is 8.40. The van der Waals surface area contributed by atoms with E-state index < -0.39 is 0 Å². The Labute approximate surface area is 141 Å². The lowest BCUT2D eigenvalue weighted by molar-refractivity contribution is 0.431. The zero-order valence-electron chi connectivity index (χ0n) is 13.4. The Balaban J connectivity index is 1.95. The van der Waals surface area contributed by atoms with Crippen molar-refractivity contribution in [2.75, 3.05) is 0 Å². The summed E-state index contributed by atoms with van der Waals surface area (Å²) < 4.78 is 1.92. The lowest BCUT2D eigenvalue weighted by atomic mass is 9.84. The molecular formula is C20H19N3O. The zero-order chi connectivity index (χ0) is 16.5. The summed E-state index contributed by atoms with van der Waals surface area (Å²) in [5.41, 5.74) is 4.78. The van der Waals surface area contributed by atoms with E-state index in [0.717, 1.165) is 35.2 Å². The van der Waals surface area contributed by atoms with Crippen LogP contribution < -0.4 is 0 Å². The van der Waals surface area contributed by atoms with Gasteiger partial charge in [-0.1, -0.05) is 37.3 Å². The van der Waals surface area contributed by atoms with Gasteiger partial charge in [0.2, 0.25) is 0 Å². The summed E-state index contributed by atoms with van der Waals surface area (Å²) in [6.07, 6.45) is 15.3. The van der Waals surface area contributed by atoms with Crippen molar-refractivity contribution in [3.8, 4) is 29.2 Å². The van der Waals surface area contributed by atoms with E-state index in [2.05, 4.69) is 16.0 Å². The molecule has 0 radical (unpaired) electrons. The smallest absolute Gasteiger partial charge is 0.171 e. The van der Waals surface area contributed by atoms with Crippen LogP contribution in [0.1, 0.15) is 49.3 Å². The maximum atomic E-state index is 9.57. The molecule has 0 saturated heterocycles. The van der Waals surface area contributed by atoms with Crippen LogP contribution >= 0.6 is 0 Å². The first-order chi connectivity index (χ1) is 11.8. The van der Waals surface area contributed by atoms with Crippen molar-refractivity contribution >= 4 is 5.65 Å². The van der Waals surface area contributed by atoms with Crippen LogP contribution in [-0.2, 0) is 0 Å². The minimum Gasteiger partial charge on any atom is -0.508 e. The van der Waals surface area contributed by atoms with Gasteiger partial charge in [-0.3, -0.25) is 0 Å². The lowest BCUT2D eigenvalue weighted by Gasteiger charge is -2.24. The zero-order valence-corrected chi connectivity index (χ0v) is 13.4. The highest BCUT2D eigenvalue weighted by Crippen LogP contribution is 2.38. The Bertz CT molecular complexity index is 912. The number of benzene rings is 1. The van der Waals surface area contributed by atoms with Crippen LogP contribution in [0, 0.1) is 12.3 Å². The summed E-state index contributed by atoms with van der Waals surface area (Å²) in [5.74, 6) is 3.39. The fourth-order valence-electron chi connectivity index (χ4n) is 3.68. The molecular weight excluding hydrogens is 298 g/mol. The van der Waals surface area contributed by atoms with Crippen molar-refractivity contribution < 1.29 is 5.11 Å². The Morgan fingerprint density at radius 2 is 1.83 bits per heavy atom. The molecule has 2 aromatic heterocycles. The molecule has 3 aromatic rings. The van der Waals surface area contributed by atoms with E-state index in [1.165, 1.54) is 25.0 Å². The van der Waals surface area contributed by atoms with E-state index in [4.69, 9.17) is 6.42 Å². The molecule has 2 heterocycles. The third kappa shape index (κ3) is 2.43. The Morgan fingerprint density at radius 3 is 2.54 bits per heavy atom. The van der Waals surface area contributed by atoms with E-state index in [9.17, 15) is 5.11 Å². The van der Waals surface area contributed by atoms with Crippen LogP contribution in [-0.4, -0.2) is 19.7 Å². The maximum absolute atomic E-state index is 9.57. The average Bonchev–Trinajstić information content (AvgIpc) is 3.05. The van der Waals surface area contributed by atoms with Crippen molar-refractivity contribution in [2.24, 2.45) is 0 Å². The molecule has 0 unspecified atom stereocenters. The molecule has 24 heavy (non-hydrogen) atoms. The van der Waals surface area contributed by atoms with Gasteiger partial charge in [0.15, 0.2) is 5.65 Å². The number of aromatic nitrogens is 3. The first-order valence-corrected chi connectivity index (χ1v) is 8.40. The first kappa shape index (κ1) is 14.8. The van der Waals surface area contributed by atoms with Crippen molar-refractivity contribution in [2.45, 2.75) is 38.0 Å². The predicted molar refractivity (Wildman–Crippen MR) is 93.8 cm³/mol. The fraction of sp³-hybridized carbons (Fsp3) is 0.300. The number of phenolic OH excluding ortho intramolecular Hbond substituents is 1. The normalized spacial score (nSPS) is 15.5. The summed E-state index contributed by atoms with van der Waals surface area (Å²) >= 11 is 0. The van der Waals surface area contributed by atoms with Crippen LogP contribution in [0.5, 0.6) is 5.75 Å². The standard InChI is InChI=1S/C20H19N3O/c1-2-14-12-22-23-19(16-6-4-3-5-7-16)18(13-21-20(14)23)15-8-10-17(24)11-9-15/h1,8-13,16,24H,3-7H2. The molecule has 120 valence electrons. The van der Waals surface area contributed by atoms with E-state index in [1.54, 1.807) is 18.3 Å². The SMILES string of the molecule is C#Cc1cnn2c(C3CCCCC3)c(-c3ccc(O)cc3)cnc12. The Morgan fingerprint density at radius 1 is 1.08 bits per heavy atom. The van der Waals surface area contributed by atoms with Crippen molar-refractivity contribution in [3.63, 3.8) is 0 Å². The van der Waals surface area contributed by atoms with Crippen LogP contribution in [0.25, 0.3) is 16.8 Å². The van der Waals surface area contributed by atoms with E-state index >= 15 is 0 Å². The summed E-state index contributed by atoms with van der Waals surface area (Å²) in [7, 11) is 0. The molecule has 0 atom stereocenters. The third-order valence-corrected chi connectivity index (χ3v) is 4.89. The Kier molecular flexibility index (Phi) is 3.70. The number of hydrogen-bond acceptors (Lipinski definition) is 3. The fourth-order valence-corrected chi connectivity index (χ4v) is 3.68. The second kappa shape index (κ2) is 6.01. The highest BCUT2D eigenvalue weighted by atomic mass is 16.3. The van der Waals surface area contributed by atoms with Gasteiger partial charge in [-0.25, -0.2) is 9.50 Å². The monoisotopic (exact) mass is 317 g/mol. The summed E-state index contributed by atoms with van der Waals surface area (Å²) in [6.45, 7) is 0. The Hall–Kier alpha value is -2.80. The third-order valence-electron chi connectivity index (χ3n) is 4.89. The van der Waals surface area contributed by atoms with Gasteiger partial charge in [-0.15, -0.1) is 6.42 Å². The molecule has 1 N–H and O–H groups in total. The van der Waals surface area contributed by atoms with Gasteiger partial charge in [0.25, 0.3) is 0 Å². The molecule has 1 aliphatic carbocycles. The molecule has 0 amide bonds. The molecule has 4 heteroatoms. The second-order valence-electron chi connectivity index (χ2n) is 6.38. The molecule has 1 fully saturated rings. The number of nitrogens with zero attached hydrogens (tertiary/aromatic N) is 3. The number of aromatic hydroxyl groups is 1. The molecule has 0 aliphatic heterocycles. The van der Waals surface area contributed by atoms with E-state index in [1.807, 2.05) is 22.8 Å². The lowest BCUT2D eigenvalue weighted by Crippen LogP contribution is -2.12. The summed E-state index contributed by atoms with van der Waals surface area (Å²) in [4.78, 5) is 4.56. The topological polar surface area (TPSA) is 50.4 Å². The molecule has 0 bridgehead atoms. The molecule has 0 spiro atoms. The van der Waals surface area contributed by atoms with Crippen molar-refractivity contribution in [1.29, 1.82) is 0 Å². The molecule has 1 aliphatic rings. The number of terminal acetylenes is 1. The van der Waals surface area contributed by atoms with Gasteiger partial charge in [-0.05, 0) is 30.5 Å². The van der Waals surface area contributed by atoms with Gasteiger partial charge in [0.1, 0.15) is 5.75 Å². The predicted octanol–water partition coefficient (Wildman–Crippen LogP) is 4.13. The van der Waals surface area contributed by atoms with E-state index in [0.29, 0.717) is 5.92 Å². The molecule has 4 nitrogen and oxygen atoms in total. The minimum atomic E-state index is 0.265. The van der Waals surface area contributed by atoms with Crippen LogP contribution in [0.4, 0.5) is 0 Å². The van der Waals surface area contributed by atoms with Gasteiger partial charge in [0, 0.05) is 17.7 Å². The van der Waals surface area contributed by atoms with E-state index in [-0.39, 0.29) is 5.75 Å². The number of phenols is 1.